The zero-order valence-corrected chi connectivity index (χ0v) is 14.8. The molecular formula is C18H17BrF3NO2. The van der Waals surface area contributed by atoms with Crippen LogP contribution in [0.5, 0.6) is 0 Å². The number of alkyl halides is 3. The Morgan fingerprint density at radius 3 is 2.36 bits per heavy atom. The molecule has 2 aromatic rings. The average Bonchev–Trinajstić information content (AvgIpc) is 2.58. The highest BCUT2D eigenvalue weighted by Crippen LogP contribution is 2.29. The molecule has 0 heterocycles. The quantitative estimate of drug-likeness (QED) is 0.740. The Morgan fingerprint density at radius 2 is 1.76 bits per heavy atom. The predicted octanol–water partition coefficient (Wildman–Crippen LogP) is 4.25. The first-order valence-electron chi connectivity index (χ1n) is 7.62. The first-order chi connectivity index (χ1) is 11.8. The zero-order chi connectivity index (χ0) is 18.4. The minimum atomic E-state index is -4.41. The average molecular weight is 416 g/mol. The number of aliphatic hydroxyl groups excluding tert-OH is 1. The highest BCUT2D eigenvalue weighted by molar-refractivity contribution is 9.10. The molecule has 0 radical (unpaired) electrons. The first-order valence-corrected chi connectivity index (χ1v) is 8.42. The van der Waals surface area contributed by atoms with Gasteiger partial charge in [-0.05, 0) is 35.7 Å². The van der Waals surface area contributed by atoms with E-state index in [0.717, 1.165) is 22.2 Å². The third-order valence-electron chi connectivity index (χ3n) is 3.69. The van der Waals surface area contributed by atoms with E-state index in [1.54, 1.807) is 0 Å². The molecule has 0 aliphatic carbocycles. The first kappa shape index (κ1) is 19.5. The van der Waals surface area contributed by atoms with Crippen LogP contribution in [-0.2, 0) is 17.4 Å². The summed E-state index contributed by atoms with van der Waals surface area (Å²) in [6.07, 6.45) is -4.68. The number of aliphatic hydroxyl groups is 1. The van der Waals surface area contributed by atoms with E-state index in [4.69, 9.17) is 0 Å². The van der Waals surface area contributed by atoms with Crippen LogP contribution >= 0.6 is 15.9 Å². The van der Waals surface area contributed by atoms with Crippen molar-refractivity contribution in [3.63, 3.8) is 0 Å². The van der Waals surface area contributed by atoms with Crippen LogP contribution in [0.25, 0.3) is 0 Å². The molecule has 2 rings (SSSR count). The van der Waals surface area contributed by atoms with Gasteiger partial charge in [-0.3, -0.25) is 4.79 Å². The minimum Gasteiger partial charge on any atom is -0.387 e. The molecule has 134 valence electrons. The van der Waals surface area contributed by atoms with Crippen molar-refractivity contribution in [3.05, 3.63) is 69.7 Å². The van der Waals surface area contributed by atoms with E-state index in [1.807, 2.05) is 24.3 Å². The standard InChI is InChI=1S/C18H17BrF3NO2/c19-15-4-2-1-3-12(15)7-10-17(25)23-11-16(24)13-5-8-14(9-6-13)18(20,21)22/h1-6,8-9,16,24H,7,10-11H2,(H,23,25)/t16-/m1/s1. The molecule has 1 amide bonds. The van der Waals surface area contributed by atoms with Crippen molar-refractivity contribution in [2.24, 2.45) is 0 Å². The van der Waals surface area contributed by atoms with Crippen LogP contribution in [0.15, 0.2) is 53.0 Å². The van der Waals surface area contributed by atoms with E-state index in [0.29, 0.717) is 12.0 Å². The number of hydrogen-bond donors (Lipinski definition) is 2. The van der Waals surface area contributed by atoms with E-state index >= 15 is 0 Å². The number of nitrogens with one attached hydrogen (secondary N) is 1. The summed E-state index contributed by atoms with van der Waals surface area (Å²) in [4.78, 5) is 11.9. The van der Waals surface area contributed by atoms with Gasteiger partial charge in [-0.2, -0.15) is 13.2 Å². The number of carbonyl (C=O) groups excluding carboxylic acids is 1. The Hall–Kier alpha value is -1.86. The van der Waals surface area contributed by atoms with Crippen molar-refractivity contribution < 1.29 is 23.1 Å². The fourth-order valence-corrected chi connectivity index (χ4v) is 2.74. The van der Waals surface area contributed by atoms with Crippen molar-refractivity contribution in [2.45, 2.75) is 25.1 Å². The number of halogens is 4. The topological polar surface area (TPSA) is 49.3 Å². The number of benzene rings is 2. The van der Waals surface area contributed by atoms with E-state index in [-0.39, 0.29) is 18.9 Å². The molecule has 7 heteroatoms. The summed E-state index contributed by atoms with van der Waals surface area (Å²) in [6.45, 7) is -0.0554. The van der Waals surface area contributed by atoms with Gasteiger partial charge in [0.1, 0.15) is 0 Å². The van der Waals surface area contributed by atoms with Crippen molar-refractivity contribution in [2.75, 3.05) is 6.54 Å². The van der Waals surface area contributed by atoms with Crippen LogP contribution in [0.1, 0.15) is 29.2 Å². The number of amides is 1. The maximum Gasteiger partial charge on any atom is 0.416 e. The summed E-state index contributed by atoms with van der Waals surface area (Å²) >= 11 is 3.41. The summed E-state index contributed by atoms with van der Waals surface area (Å²) in [5.74, 6) is -0.235. The SMILES string of the molecule is O=C(CCc1ccccc1Br)NC[C@@H](O)c1ccc(C(F)(F)F)cc1. The van der Waals surface area contributed by atoms with Gasteiger partial charge in [0.2, 0.25) is 5.91 Å². The normalized spacial score (nSPS) is 12.7. The van der Waals surface area contributed by atoms with Crippen molar-refractivity contribution >= 4 is 21.8 Å². The lowest BCUT2D eigenvalue weighted by Gasteiger charge is -2.14. The highest BCUT2D eigenvalue weighted by atomic mass is 79.9. The third kappa shape index (κ3) is 5.86. The maximum absolute atomic E-state index is 12.5. The van der Waals surface area contributed by atoms with Gasteiger partial charge in [-0.25, -0.2) is 0 Å². The molecule has 0 unspecified atom stereocenters. The van der Waals surface area contributed by atoms with Gasteiger partial charge < -0.3 is 10.4 Å². The van der Waals surface area contributed by atoms with Gasteiger partial charge in [0.05, 0.1) is 11.7 Å². The molecule has 0 aliphatic rings. The number of aryl methyl sites for hydroxylation is 1. The Bertz CT molecular complexity index is 717. The summed E-state index contributed by atoms with van der Waals surface area (Å²) in [5.41, 5.74) is 0.543. The molecule has 2 aromatic carbocycles. The molecular weight excluding hydrogens is 399 g/mol. The summed E-state index contributed by atoms with van der Waals surface area (Å²) in [5, 5.41) is 12.6. The molecule has 0 saturated carbocycles. The lowest BCUT2D eigenvalue weighted by Crippen LogP contribution is -2.28. The predicted molar refractivity (Wildman–Crippen MR) is 91.9 cm³/mol. The molecule has 3 nitrogen and oxygen atoms in total. The Labute approximate surface area is 152 Å². The maximum atomic E-state index is 12.5. The van der Waals surface area contributed by atoms with E-state index in [9.17, 15) is 23.1 Å². The molecule has 0 saturated heterocycles. The second-order valence-corrected chi connectivity index (χ2v) is 6.39. The Kier molecular flexibility index (Phi) is 6.61. The van der Waals surface area contributed by atoms with Crippen molar-refractivity contribution in [1.29, 1.82) is 0 Å². The van der Waals surface area contributed by atoms with Gasteiger partial charge in [-0.15, -0.1) is 0 Å². The fourth-order valence-electron chi connectivity index (χ4n) is 2.26. The van der Waals surface area contributed by atoms with Gasteiger partial charge >= 0.3 is 6.18 Å². The van der Waals surface area contributed by atoms with Crippen LogP contribution in [0.2, 0.25) is 0 Å². The van der Waals surface area contributed by atoms with Crippen LogP contribution < -0.4 is 5.32 Å². The highest BCUT2D eigenvalue weighted by Gasteiger charge is 2.30. The van der Waals surface area contributed by atoms with Gasteiger partial charge in [0.15, 0.2) is 0 Å². The number of carbonyl (C=O) groups is 1. The molecule has 1 atom stereocenters. The molecule has 0 bridgehead atoms. The molecule has 2 N–H and O–H groups in total. The molecule has 0 aliphatic heterocycles. The van der Waals surface area contributed by atoms with Crippen molar-refractivity contribution in [1.82, 2.24) is 5.32 Å². The van der Waals surface area contributed by atoms with Crippen LogP contribution in [0.3, 0.4) is 0 Å². The second-order valence-electron chi connectivity index (χ2n) is 5.53. The van der Waals surface area contributed by atoms with Crippen LogP contribution in [-0.4, -0.2) is 17.6 Å². The van der Waals surface area contributed by atoms with Gasteiger partial charge in [-0.1, -0.05) is 46.3 Å². The van der Waals surface area contributed by atoms with E-state index in [1.165, 1.54) is 12.1 Å². The zero-order valence-electron chi connectivity index (χ0n) is 13.2. The van der Waals surface area contributed by atoms with Gasteiger partial charge in [0.25, 0.3) is 0 Å². The lowest BCUT2D eigenvalue weighted by atomic mass is 10.1. The van der Waals surface area contributed by atoms with Gasteiger partial charge in [0, 0.05) is 17.4 Å². The smallest absolute Gasteiger partial charge is 0.387 e. The monoisotopic (exact) mass is 415 g/mol. The van der Waals surface area contributed by atoms with Crippen LogP contribution in [0, 0.1) is 0 Å². The minimum absolute atomic E-state index is 0.0554. The van der Waals surface area contributed by atoms with Crippen molar-refractivity contribution in [3.8, 4) is 0 Å². The summed E-state index contributed by atoms with van der Waals surface area (Å²) < 4.78 is 38.4. The van der Waals surface area contributed by atoms with E-state index < -0.39 is 17.8 Å². The number of rotatable bonds is 6. The fraction of sp³-hybridized carbons (Fsp3) is 0.278. The Balaban J connectivity index is 1.82. The number of hydrogen-bond acceptors (Lipinski definition) is 2. The summed E-state index contributed by atoms with van der Waals surface area (Å²) in [7, 11) is 0. The molecule has 0 fully saturated rings. The Morgan fingerprint density at radius 1 is 1.12 bits per heavy atom. The summed E-state index contributed by atoms with van der Waals surface area (Å²) in [6, 6.07) is 11.8. The third-order valence-corrected chi connectivity index (χ3v) is 4.47. The largest absolute Gasteiger partial charge is 0.416 e. The molecule has 0 aromatic heterocycles. The molecule has 25 heavy (non-hydrogen) atoms. The van der Waals surface area contributed by atoms with Crippen LogP contribution in [0.4, 0.5) is 13.2 Å². The second kappa shape index (κ2) is 8.49. The van der Waals surface area contributed by atoms with E-state index in [2.05, 4.69) is 21.2 Å². The lowest BCUT2D eigenvalue weighted by molar-refractivity contribution is -0.137. The molecule has 0 spiro atoms.